The van der Waals surface area contributed by atoms with E-state index in [1.54, 1.807) is 18.2 Å². The Hall–Kier alpha value is -1.60. The zero-order chi connectivity index (χ0) is 13.9. The molecule has 0 radical (unpaired) electrons. The summed E-state index contributed by atoms with van der Waals surface area (Å²) in [6.45, 7) is 0. The van der Waals surface area contributed by atoms with E-state index < -0.39 is 10.2 Å². The lowest BCUT2D eigenvalue weighted by atomic mass is 10.1. The molecule has 19 heavy (non-hydrogen) atoms. The summed E-state index contributed by atoms with van der Waals surface area (Å²) in [5.74, 6) is 0.0557. The van der Waals surface area contributed by atoms with Crippen molar-refractivity contribution < 1.29 is 13.2 Å². The molecule has 104 valence electrons. The van der Waals surface area contributed by atoms with Crippen LogP contribution in [-0.2, 0) is 15.0 Å². The van der Waals surface area contributed by atoms with E-state index in [0.717, 1.165) is 25.7 Å². The summed E-state index contributed by atoms with van der Waals surface area (Å²) in [7, 11) is -3.80. The molecule has 1 aliphatic rings. The molecule has 1 fully saturated rings. The first kappa shape index (κ1) is 13.8. The first-order valence-corrected chi connectivity index (χ1v) is 7.70. The van der Waals surface area contributed by atoms with Gasteiger partial charge in [0.05, 0.1) is 5.69 Å². The van der Waals surface area contributed by atoms with E-state index in [1.807, 2.05) is 0 Å². The van der Waals surface area contributed by atoms with Crippen LogP contribution in [0.3, 0.4) is 0 Å². The van der Waals surface area contributed by atoms with Gasteiger partial charge in [0.2, 0.25) is 5.91 Å². The first-order valence-electron chi connectivity index (χ1n) is 6.15. The number of carbonyl (C=O) groups is 1. The second kappa shape index (κ2) is 5.58. The number of rotatable bonds is 4. The number of carbonyl (C=O) groups excluding carboxylic acids is 1. The average molecular weight is 283 g/mol. The van der Waals surface area contributed by atoms with Gasteiger partial charge in [-0.05, 0) is 31.0 Å². The molecule has 1 amide bonds. The SMILES string of the molecule is NS(=O)(=O)Nc1cccc(NC(=O)C2CCCC2)c1. The van der Waals surface area contributed by atoms with Gasteiger partial charge >= 0.3 is 0 Å². The maximum absolute atomic E-state index is 11.9. The summed E-state index contributed by atoms with van der Waals surface area (Å²) < 4.78 is 24.0. The van der Waals surface area contributed by atoms with Crippen LogP contribution in [0.5, 0.6) is 0 Å². The van der Waals surface area contributed by atoms with Crippen molar-refractivity contribution in [2.75, 3.05) is 10.0 Å². The molecule has 0 atom stereocenters. The normalized spacial score (nSPS) is 16.3. The minimum atomic E-state index is -3.80. The molecule has 1 aromatic rings. The quantitative estimate of drug-likeness (QED) is 0.779. The first-order chi connectivity index (χ1) is 8.94. The van der Waals surface area contributed by atoms with E-state index in [2.05, 4.69) is 10.0 Å². The Kier molecular flexibility index (Phi) is 4.06. The molecule has 0 aliphatic heterocycles. The van der Waals surface area contributed by atoms with E-state index in [9.17, 15) is 13.2 Å². The molecule has 1 saturated carbocycles. The van der Waals surface area contributed by atoms with Gasteiger partial charge in [-0.1, -0.05) is 18.9 Å². The molecular formula is C12H17N3O3S. The third-order valence-electron chi connectivity index (χ3n) is 3.12. The minimum Gasteiger partial charge on any atom is -0.326 e. The van der Waals surface area contributed by atoms with E-state index in [4.69, 9.17) is 5.14 Å². The molecule has 1 aliphatic carbocycles. The average Bonchev–Trinajstić information content (AvgIpc) is 2.80. The second-order valence-electron chi connectivity index (χ2n) is 4.70. The molecule has 0 spiro atoms. The Bertz CT molecular complexity index is 565. The molecule has 1 aromatic carbocycles. The summed E-state index contributed by atoms with van der Waals surface area (Å²) in [6.07, 6.45) is 4.01. The highest BCUT2D eigenvalue weighted by atomic mass is 32.2. The van der Waals surface area contributed by atoms with Gasteiger partial charge in [0.15, 0.2) is 0 Å². The van der Waals surface area contributed by atoms with Crippen LogP contribution in [0.1, 0.15) is 25.7 Å². The number of anilines is 2. The monoisotopic (exact) mass is 283 g/mol. The van der Waals surface area contributed by atoms with Crippen LogP contribution in [0.15, 0.2) is 24.3 Å². The molecule has 0 unspecified atom stereocenters. The van der Waals surface area contributed by atoms with Gasteiger partial charge in [-0.3, -0.25) is 9.52 Å². The summed E-state index contributed by atoms with van der Waals surface area (Å²) in [6, 6.07) is 6.46. The van der Waals surface area contributed by atoms with E-state index >= 15 is 0 Å². The highest BCUT2D eigenvalue weighted by molar-refractivity contribution is 7.90. The van der Waals surface area contributed by atoms with Gasteiger partial charge < -0.3 is 5.32 Å². The topological polar surface area (TPSA) is 101 Å². The smallest absolute Gasteiger partial charge is 0.296 e. The van der Waals surface area contributed by atoms with Crippen LogP contribution in [0.2, 0.25) is 0 Å². The third-order valence-corrected chi connectivity index (χ3v) is 3.64. The molecule has 0 heterocycles. The van der Waals surface area contributed by atoms with Gasteiger partial charge in [0.1, 0.15) is 0 Å². The standard InChI is InChI=1S/C12H17N3O3S/c13-19(17,18)15-11-7-3-6-10(8-11)14-12(16)9-4-1-2-5-9/h3,6-9,15H,1-2,4-5H2,(H,14,16)(H2,13,17,18). The Morgan fingerprint density at radius 2 is 1.84 bits per heavy atom. The fourth-order valence-corrected chi connectivity index (χ4v) is 2.71. The van der Waals surface area contributed by atoms with Gasteiger partial charge in [-0.25, -0.2) is 5.14 Å². The van der Waals surface area contributed by atoms with Gasteiger partial charge in [0.25, 0.3) is 10.2 Å². The molecule has 4 N–H and O–H groups in total. The zero-order valence-corrected chi connectivity index (χ0v) is 11.2. The van der Waals surface area contributed by atoms with Gasteiger partial charge in [0, 0.05) is 11.6 Å². The maximum Gasteiger partial charge on any atom is 0.296 e. The Labute approximate surface area is 112 Å². The molecule has 0 saturated heterocycles. The zero-order valence-electron chi connectivity index (χ0n) is 10.4. The lowest BCUT2D eigenvalue weighted by Gasteiger charge is -2.11. The Morgan fingerprint density at radius 3 is 2.47 bits per heavy atom. The number of hydrogen-bond acceptors (Lipinski definition) is 3. The lowest BCUT2D eigenvalue weighted by molar-refractivity contribution is -0.119. The maximum atomic E-state index is 11.9. The minimum absolute atomic E-state index is 0.00902. The van der Waals surface area contributed by atoms with Crippen LogP contribution < -0.4 is 15.2 Å². The molecule has 7 heteroatoms. The molecule has 6 nitrogen and oxygen atoms in total. The Balaban J connectivity index is 2.04. The van der Waals surface area contributed by atoms with Crippen molar-refractivity contribution in [2.45, 2.75) is 25.7 Å². The fraction of sp³-hybridized carbons (Fsp3) is 0.417. The summed E-state index contributed by atoms with van der Waals surface area (Å²) >= 11 is 0. The molecule has 0 aromatic heterocycles. The molecule has 0 bridgehead atoms. The predicted octanol–water partition coefficient (Wildman–Crippen LogP) is 1.43. The number of nitrogens with one attached hydrogen (secondary N) is 2. The second-order valence-corrected chi connectivity index (χ2v) is 5.99. The fourth-order valence-electron chi connectivity index (χ4n) is 2.26. The van der Waals surface area contributed by atoms with Crippen LogP contribution in [0.25, 0.3) is 0 Å². The molecular weight excluding hydrogens is 266 g/mol. The van der Waals surface area contributed by atoms with Crippen molar-refractivity contribution in [1.29, 1.82) is 0 Å². The van der Waals surface area contributed by atoms with Crippen molar-refractivity contribution in [3.05, 3.63) is 24.3 Å². The number of hydrogen-bond donors (Lipinski definition) is 3. The van der Waals surface area contributed by atoms with Crippen molar-refractivity contribution >= 4 is 27.5 Å². The highest BCUT2D eigenvalue weighted by Gasteiger charge is 2.22. The van der Waals surface area contributed by atoms with Crippen molar-refractivity contribution in [3.63, 3.8) is 0 Å². The third kappa shape index (κ3) is 4.22. The summed E-state index contributed by atoms with van der Waals surface area (Å²) in [4.78, 5) is 11.9. The number of amides is 1. The largest absolute Gasteiger partial charge is 0.326 e. The van der Waals surface area contributed by atoms with Crippen molar-refractivity contribution in [1.82, 2.24) is 0 Å². The van der Waals surface area contributed by atoms with Crippen LogP contribution in [0.4, 0.5) is 11.4 Å². The van der Waals surface area contributed by atoms with E-state index in [0.29, 0.717) is 11.4 Å². The molecule has 2 rings (SSSR count). The highest BCUT2D eigenvalue weighted by Crippen LogP contribution is 2.26. The van der Waals surface area contributed by atoms with Gasteiger partial charge in [-0.15, -0.1) is 0 Å². The van der Waals surface area contributed by atoms with Gasteiger partial charge in [-0.2, -0.15) is 8.42 Å². The van der Waals surface area contributed by atoms with Crippen molar-refractivity contribution in [2.24, 2.45) is 11.1 Å². The number of nitrogens with two attached hydrogens (primary N) is 1. The van der Waals surface area contributed by atoms with E-state index in [1.165, 1.54) is 6.07 Å². The summed E-state index contributed by atoms with van der Waals surface area (Å²) in [5, 5.41) is 7.69. The van der Waals surface area contributed by atoms with Crippen LogP contribution in [-0.4, -0.2) is 14.3 Å². The van der Waals surface area contributed by atoms with Crippen LogP contribution in [0, 0.1) is 5.92 Å². The van der Waals surface area contributed by atoms with E-state index in [-0.39, 0.29) is 11.8 Å². The summed E-state index contributed by atoms with van der Waals surface area (Å²) in [5.41, 5.74) is 0.886. The van der Waals surface area contributed by atoms with Crippen molar-refractivity contribution in [3.8, 4) is 0 Å². The predicted molar refractivity (Wildman–Crippen MR) is 73.8 cm³/mol. The van der Waals surface area contributed by atoms with Crippen LogP contribution >= 0.6 is 0 Å². The number of benzene rings is 1. The Morgan fingerprint density at radius 1 is 1.21 bits per heavy atom. The lowest BCUT2D eigenvalue weighted by Crippen LogP contribution is -2.22.